The van der Waals surface area contributed by atoms with Crippen LogP contribution in [0.25, 0.3) is 5.57 Å². The lowest BCUT2D eigenvalue weighted by Crippen LogP contribution is -2.33. The van der Waals surface area contributed by atoms with E-state index in [4.69, 9.17) is 0 Å². The van der Waals surface area contributed by atoms with Crippen LogP contribution in [-0.2, 0) is 16.0 Å². The van der Waals surface area contributed by atoms with E-state index in [9.17, 15) is 28.5 Å². The van der Waals surface area contributed by atoms with Crippen LogP contribution in [0.4, 0.5) is 25.8 Å². The number of hydrogen-bond donors (Lipinski definition) is 1. The molecule has 0 saturated carbocycles. The molecule has 1 aliphatic rings. The zero-order valence-electron chi connectivity index (χ0n) is 17.3. The van der Waals surface area contributed by atoms with Crippen LogP contribution in [0.1, 0.15) is 18.1 Å². The first-order valence-electron chi connectivity index (χ1n) is 9.99. The summed E-state index contributed by atoms with van der Waals surface area (Å²) >= 11 is 0. The quantitative estimate of drug-likeness (QED) is 0.331. The van der Waals surface area contributed by atoms with Crippen molar-refractivity contribution >= 4 is 34.4 Å². The Kier molecular flexibility index (Phi) is 5.70. The zero-order valence-corrected chi connectivity index (χ0v) is 17.3. The Morgan fingerprint density at radius 2 is 1.61 bits per heavy atom. The first-order chi connectivity index (χ1) is 15.8. The van der Waals surface area contributed by atoms with Crippen molar-refractivity contribution < 1.29 is 23.3 Å². The molecule has 0 aliphatic carbocycles. The summed E-state index contributed by atoms with van der Waals surface area (Å²) in [6, 6.07) is 14.8. The van der Waals surface area contributed by atoms with Gasteiger partial charge in [-0.05, 0) is 53.9 Å². The molecule has 9 heteroatoms. The Hall–Kier alpha value is -4.40. The molecule has 0 aromatic heterocycles. The maximum absolute atomic E-state index is 14.5. The average Bonchev–Trinajstić information content (AvgIpc) is 3.04. The lowest BCUT2D eigenvalue weighted by molar-refractivity contribution is -0.384. The first-order valence-corrected chi connectivity index (χ1v) is 9.99. The minimum absolute atomic E-state index is 0.0850. The van der Waals surface area contributed by atoms with Crippen molar-refractivity contribution in [2.24, 2.45) is 0 Å². The van der Waals surface area contributed by atoms with Crippen molar-refractivity contribution in [2.75, 3.05) is 10.2 Å². The highest BCUT2D eigenvalue weighted by atomic mass is 19.1. The van der Waals surface area contributed by atoms with Crippen LogP contribution in [0.15, 0.2) is 72.4 Å². The van der Waals surface area contributed by atoms with Gasteiger partial charge in [0.25, 0.3) is 17.5 Å². The predicted octanol–water partition coefficient (Wildman–Crippen LogP) is 4.83. The summed E-state index contributed by atoms with van der Waals surface area (Å²) in [6.45, 7) is 1.99. The summed E-state index contributed by atoms with van der Waals surface area (Å²) in [7, 11) is 0. The molecule has 4 rings (SSSR count). The molecule has 0 unspecified atom stereocenters. The van der Waals surface area contributed by atoms with Crippen molar-refractivity contribution in [3.8, 4) is 0 Å². The minimum atomic E-state index is -1.08. The molecule has 7 nitrogen and oxygen atoms in total. The van der Waals surface area contributed by atoms with Gasteiger partial charge in [0.15, 0.2) is 0 Å². The molecule has 166 valence electrons. The third-order valence-corrected chi connectivity index (χ3v) is 5.23. The van der Waals surface area contributed by atoms with Crippen LogP contribution >= 0.6 is 0 Å². The normalized spacial score (nSPS) is 13.6. The molecule has 0 bridgehead atoms. The van der Waals surface area contributed by atoms with Gasteiger partial charge < -0.3 is 5.32 Å². The third kappa shape index (κ3) is 4.08. The monoisotopic (exact) mass is 449 g/mol. The summed E-state index contributed by atoms with van der Waals surface area (Å²) in [5.74, 6) is -3.60. The van der Waals surface area contributed by atoms with Gasteiger partial charge in [-0.25, -0.2) is 13.7 Å². The van der Waals surface area contributed by atoms with E-state index < -0.39 is 34.1 Å². The van der Waals surface area contributed by atoms with Gasteiger partial charge in [-0.1, -0.05) is 19.1 Å². The molecule has 0 fully saturated rings. The van der Waals surface area contributed by atoms with Crippen LogP contribution in [0.2, 0.25) is 0 Å². The Morgan fingerprint density at radius 3 is 2.18 bits per heavy atom. The number of carbonyl (C=O) groups is 2. The second kappa shape index (κ2) is 8.62. The van der Waals surface area contributed by atoms with Crippen LogP contribution in [0.3, 0.4) is 0 Å². The number of benzene rings is 3. The molecule has 1 N–H and O–H groups in total. The highest BCUT2D eigenvalue weighted by molar-refractivity contribution is 6.46. The van der Waals surface area contributed by atoms with Gasteiger partial charge in [0.1, 0.15) is 17.3 Å². The molecule has 1 aliphatic heterocycles. The molecule has 2 amide bonds. The highest BCUT2D eigenvalue weighted by Crippen LogP contribution is 2.35. The number of nitrogens with one attached hydrogen (secondary N) is 1. The first kappa shape index (κ1) is 21.8. The number of carbonyl (C=O) groups excluding carboxylic acids is 2. The number of halogens is 2. The largest absolute Gasteiger partial charge is 0.350 e. The second-order valence-corrected chi connectivity index (χ2v) is 7.27. The number of hydrogen-bond acceptors (Lipinski definition) is 5. The standard InChI is InChI=1S/C24H17F2N3O4/c1-2-14-3-8-17(9-4-14)27-22-21(15-5-10-18(11-6-15)29(32)33)23(30)28(24(22)31)20-12-7-16(25)13-19(20)26/h3-13,27H,2H2,1H3. The Labute approximate surface area is 187 Å². The summed E-state index contributed by atoms with van der Waals surface area (Å²) in [5.41, 5.74) is 1.01. The number of imide groups is 1. The van der Waals surface area contributed by atoms with Crippen LogP contribution in [0, 0.1) is 21.7 Å². The van der Waals surface area contributed by atoms with E-state index in [2.05, 4.69) is 5.32 Å². The smallest absolute Gasteiger partial charge is 0.282 e. The van der Waals surface area contributed by atoms with Crippen molar-refractivity contribution in [3.05, 3.63) is 105 Å². The maximum Gasteiger partial charge on any atom is 0.282 e. The van der Waals surface area contributed by atoms with E-state index in [1.54, 1.807) is 12.1 Å². The Morgan fingerprint density at radius 1 is 0.939 bits per heavy atom. The van der Waals surface area contributed by atoms with Crippen LogP contribution in [-0.4, -0.2) is 16.7 Å². The van der Waals surface area contributed by atoms with Crippen LogP contribution < -0.4 is 10.2 Å². The van der Waals surface area contributed by atoms with Gasteiger partial charge in [-0.15, -0.1) is 0 Å². The fraction of sp³-hybridized carbons (Fsp3) is 0.0833. The Balaban J connectivity index is 1.81. The van der Waals surface area contributed by atoms with E-state index in [0.717, 1.165) is 24.1 Å². The van der Waals surface area contributed by atoms with Crippen molar-refractivity contribution in [1.29, 1.82) is 0 Å². The second-order valence-electron chi connectivity index (χ2n) is 7.27. The number of amides is 2. The zero-order chi connectivity index (χ0) is 23.7. The summed E-state index contributed by atoms with van der Waals surface area (Å²) < 4.78 is 27.9. The number of nitrogens with zero attached hydrogens (tertiary/aromatic N) is 2. The van der Waals surface area contributed by atoms with Crippen LogP contribution in [0.5, 0.6) is 0 Å². The number of aryl methyl sites for hydroxylation is 1. The molecule has 0 saturated heterocycles. The average molecular weight is 449 g/mol. The fourth-order valence-electron chi connectivity index (χ4n) is 3.51. The van der Waals surface area contributed by atoms with Crippen molar-refractivity contribution in [2.45, 2.75) is 13.3 Å². The van der Waals surface area contributed by atoms with E-state index >= 15 is 0 Å². The van der Waals surface area contributed by atoms with Crippen molar-refractivity contribution in [3.63, 3.8) is 0 Å². The van der Waals surface area contributed by atoms with Gasteiger partial charge in [0, 0.05) is 23.9 Å². The summed E-state index contributed by atoms with van der Waals surface area (Å²) in [5, 5.41) is 13.9. The topological polar surface area (TPSA) is 92.6 Å². The lowest BCUT2D eigenvalue weighted by Gasteiger charge is -2.16. The minimum Gasteiger partial charge on any atom is -0.350 e. The molecule has 3 aromatic carbocycles. The summed E-state index contributed by atoms with van der Waals surface area (Å²) in [6.07, 6.45) is 0.812. The number of rotatable bonds is 6. The summed E-state index contributed by atoms with van der Waals surface area (Å²) in [4.78, 5) is 37.6. The molecule has 0 spiro atoms. The van der Waals surface area contributed by atoms with Gasteiger partial charge >= 0.3 is 0 Å². The highest BCUT2D eigenvalue weighted by Gasteiger charge is 2.41. The molecule has 0 radical (unpaired) electrons. The van der Waals surface area contributed by atoms with E-state index in [1.807, 2.05) is 19.1 Å². The molecule has 1 heterocycles. The maximum atomic E-state index is 14.5. The van der Waals surface area contributed by atoms with E-state index in [1.165, 1.54) is 24.3 Å². The van der Waals surface area contributed by atoms with E-state index in [0.29, 0.717) is 16.7 Å². The fourth-order valence-corrected chi connectivity index (χ4v) is 3.51. The van der Waals surface area contributed by atoms with Gasteiger partial charge in [-0.3, -0.25) is 19.7 Å². The lowest BCUT2D eigenvalue weighted by atomic mass is 10.0. The number of nitro groups is 1. The van der Waals surface area contributed by atoms with Gasteiger partial charge in [0.2, 0.25) is 0 Å². The third-order valence-electron chi connectivity index (χ3n) is 5.23. The molecule has 33 heavy (non-hydrogen) atoms. The predicted molar refractivity (Wildman–Crippen MR) is 118 cm³/mol. The Bertz CT molecular complexity index is 1300. The van der Waals surface area contributed by atoms with Gasteiger partial charge in [0.05, 0.1) is 16.2 Å². The number of non-ortho nitro benzene ring substituents is 1. The molecule has 3 aromatic rings. The van der Waals surface area contributed by atoms with Gasteiger partial charge in [-0.2, -0.15) is 0 Å². The number of nitro benzene ring substituents is 1. The van der Waals surface area contributed by atoms with Crippen molar-refractivity contribution in [1.82, 2.24) is 0 Å². The molecular formula is C24H17F2N3O4. The molecule has 0 atom stereocenters. The van der Waals surface area contributed by atoms with E-state index in [-0.39, 0.29) is 22.5 Å². The SMILES string of the molecule is CCc1ccc(NC2=C(c3ccc([N+](=O)[O-])cc3)C(=O)N(c3ccc(F)cc3F)C2=O)cc1. The molecular weight excluding hydrogens is 432 g/mol. The number of anilines is 2.